The lowest BCUT2D eigenvalue weighted by molar-refractivity contribution is -0.151. The Labute approximate surface area is 140 Å². The summed E-state index contributed by atoms with van der Waals surface area (Å²) in [5.41, 5.74) is 0.150. The highest BCUT2D eigenvalue weighted by molar-refractivity contribution is 5.69. The van der Waals surface area contributed by atoms with Crippen LogP contribution >= 0.6 is 0 Å². The molecule has 0 spiro atoms. The Hall–Kier alpha value is -1.76. The highest BCUT2D eigenvalue weighted by Crippen LogP contribution is 2.29. The molecule has 1 saturated heterocycles. The van der Waals surface area contributed by atoms with Gasteiger partial charge in [-0.15, -0.1) is 0 Å². The predicted octanol–water partition coefficient (Wildman–Crippen LogP) is 3.84. The lowest BCUT2D eigenvalue weighted by Gasteiger charge is -2.42. The van der Waals surface area contributed by atoms with Crippen molar-refractivity contribution in [1.82, 2.24) is 9.80 Å². The second-order valence-corrected chi connectivity index (χ2v) is 6.95. The van der Waals surface area contributed by atoms with Gasteiger partial charge in [0.2, 0.25) is 0 Å². The fraction of sp³-hybridized carbons (Fsp3) is 0.588. The number of hydrogen-bond donors (Lipinski definition) is 0. The first-order valence-electron chi connectivity index (χ1n) is 7.89. The molecule has 7 heteroatoms. The number of amides is 1. The van der Waals surface area contributed by atoms with Crippen LogP contribution in [0.3, 0.4) is 0 Å². The van der Waals surface area contributed by atoms with Crippen molar-refractivity contribution in [2.24, 2.45) is 0 Å². The van der Waals surface area contributed by atoms with E-state index in [4.69, 9.17) is 4.74 Å². The summed E-state index contributed by atoms with van der Waals surface area (Å²) < 4.78 is 43.5. The fourth-order valence-electron chi connectivity index (χ4n) is 2.74. The molecule has 0 radical (unpaired) electrons. The van der Waals surface area contributed by atoms with E-state index in [9.17, 15) is 18.0 Å². The number of hydrogen-bond acceptors (Lipinski definition) is 3. The number of rotatable bonds is 2. The molecule has 0 saturated carbocycles. The number of ether oxygens (including phenoxy) is 1. The smallest absolute Gasteiger partial charge is 0.410 e. The van der Waals surface area contributed by atoms with Crippen LogP contribution in [0.15, 0.2) is 30.3 Å². The third kappa shape index (κ3) is 5.40. The van der Waals surface area contributed by atoms with E-state index in [0.29, 0.717) is 0 Å². The summed E-state index contributed by atoms with van der Waals surface area (Å²) in [6.45, 7) is 4.82. The van der Waals surface area contributed by atoms with Gasteiger partial charge in [0.15, 0.2) is 0 Å². The quantitative estimate of drug-likeness (QED) is 0.817. The maximum atomic E-state index is 12.7. The second kappa shape index (κ2) is 7.01. The largest absolute Gasteiger partial charge is 0.444 e. The minimum absolute atomic E-state index is 0.128. The normalized spacial score (nSPS) is 20.1. The van der Waals surface area contributed by atoms with Crippen LogP contribution in [0.5, 0.6) is 0 Å². The molecule has 1 aromatic carbocycles. The molecule has 4 nitrogen and oxygen atoms in total. The van der Waals surface area contributed by atoms with Gasteiger partial charge in [-0.05, 0) is 26.3 Å². The summed E-state index contributed by atoms with van der Waals surface area (Å²) in [6.07, 6.45) is -4.75. The van der Waals surface area contributed by atoms with Crippen molar-refractivity contribution >= 4 is 6.09 Å². The molecule has 0 aromatic heterocycles. The molecule has 24 heavy (non-hydrogen) atoms. The molecule has 0 bridgehead atoms. The van der Waals surface area contributed by atoms with Crippen LogP contribution in [-0.4, -0.2) is 53.8 Å². The van der Waals surface area contributed by atoms with Gasteiger partial charge in [0.25, 0.3) is 0 Å². The Balaban J connectivity index is 2.19. The summed E-state index contributed by atoms with van der Waals surface area (Å²) in [6, 6.07) is 8.63. The number of halogens is 3. The maximum absolute atomic E-state index is 12.7. The summed E-state index contributed by atoms with van der Waals surface area (Å²) in [4.78, 5) is 15.3. The van der Waals surface area contributed by atoms with Gasteiger partial charge in [0.1, 0.15) is 5.60 Å². The Morgan fingerprint density at radius 3 is 2.33 bits per heavy atom. The Morgan fingerprint density at radius 1 is 1.17 bits per heavy atom. The molecular weight excluding hydrogens is 321 g/mol. The third-order valence-electron chi connectivity index (χ3n) is 3.68. The van der Waals surface area contributed by atoms with Gasteiger partial charge >= 0.3 is 12.3 Å². The Morgan fingerprint density at radius 2 is 1.79 bits per heavy atom. The van der Waals surface area contributed by atoms with Gasteiger partial charge < -0.3 is 4.74 Å². The minimum atomic E-state index is -4.25. The molecule has 1 aromatic rings. The molecular formula is C17H23F3N2O2. The maximum Gasteiger partial charge on any atom is 0.410 e. The summed E-state index contributed by atoms with van der Waals surface area (Å²) in [5.74, 6) is 0. The number of benzene rings is 1. The molecule has 0 N–H and O–H groups in total. The van der Waals surface area contributed by atoms with Crippen LogP contribution in [-0.2, 0) is 4.74 Å². The monoisotopic (exact) mass is 344 g/mol. The molecule has 2 rings (SSSR count). The van der Waals surface area contributed by atoms with E-state index < -0.39 is 30.5 Å². The lowest BCUT2D eigenvalue weighted by atomic mass is 10.0. The number of piperazine rings is 1. The number of nitrogens with zero attached hydrogens (tertiary/aromatic N) is 2. The standard InChI is InChI=1S/C17H23F3N2O2/c1-16(2,3)24-15(23)22-10-9-21(12-17(18,19)20)11-14(22)13-7-5-4-6-8-13/h4-8,14H,9-12H2,1-3H3/t14-/m0/s1. The van der Waals surface area contributed by atoms with Gasteiger partial charge in [0, 0.05) is 19.6 Å². The topological polar surface area (TPSA) is 32.8 Å². The number of alkyl halides is 3. The first-order chi connectivity index (χ1) is 11.1. The van der Waals surface area contributed by atoms with Gasteiger partial charge in [-0.2, -0.15) is 13.2 Å². The van der Waals surface area contributed by atoms with Crippen LogP contribution in [0.2, 0.25) is 0 Å². The van der Waals surface area contributed by atoms with Gasteiger partial charge in [-0.25, -0.2) is 4.79 Å². The third-order valence-corrected chi connectivity index (χ3v) is 3.68. The zero-order valence-electron chi connectivity index (χ0n) is 14.1. The molecule has 1 fully saturated rings. The highest BCUT2D eigenvalue weighted by Gasteiger charge is 2.38. The van der Waals surface area contributed by atoms with Crippen molar-refractivity contribution in [2.75, 3.05) is 26.2 Å². The lowest BCUT2D eigenvalue weighted by Crippen LogP contribution is -2.53. The van der Waals surface area contributed by atoms with Crippen molar-refractivity contribution in [3.05, 3.63) is 35.9 Å². The first kappa shape index (κ1) is 18.6. The molecule has 1 amide bonds. The van der Waals surface area contributed by atoms with Gasteiger partial charge in [-0.1, -0.05) is 30.3 Å². The first-order valence-corrected chi connectivity index (χ1v) is 7.89. The van der Waals surface area contributed by atoms with E-state index in [1.807, 2.05) is 30.3 Å². The van der Waals surface area contributed by atoms with E-state index >= 15 is 0 Å². The summed E-state index contributed by atoms with van der Waals surface area (Å²) in [5, 5.41) is 0. The van der Waals surface area contributed by atoms with E-state index in [2.05, 4.69) is 0 Å². The molecule has 1 atom stereocenters. The van der Waals surface area contributed by atoms with Gasteiger partial charge in [0.05, 0.1) is 12.6 Å². The number of carbonyl (C=O) groups is 1. The zero-order chi connectivity index (χ0) is 18.0. The van der Waals surface area contributed by atoms with Crippen molar-refractivity contribution in [2.45, 2.75) is 38.6 Å². The van der Waals surface area contributed by atoms with Crippen molar-refractivity contribution in [3.8, 4) is 0 Å². The minimum Gasteiger partial charge on any atom is -0.444 e. The number of carbonyl (C=O) groups excluding carboxylic acids is 1. The van der Waals surface area contributed by atoms with Gasteiger partial charge in [-0.3, -0.25) is 9.80 Å². The SMILES string of the molecule is CC(C)(C)OC(=O)N1CCN(CC(F)(F)F)C[C@H]1c1ccccc1. The van der Waals surface area contributed by atoms with Crippen molar-refractivity contribution in [3.63, 3.8) is 0 Å². The van der Waals surface area contributed by atoms with E-state index in [0.717, 1.165) is 5.56 Å². The van der Waals surface area contributed by atoms with Crippen LogP contribution in [0, 0.1) is 0 Å². The molecule has 134 valence electrons. The highest BCUT2D eigenvalue weighted by atomic mass is 19.4. The Bertz CT molecular complexity index is 555. The summed E-state index contributed by atoms with van der Waals surface area (Å²) in [7, 11) is 0. The Kier molecular flexibility index (Phi) is 5.42. The predicted molar refractivity (Wildman–Crippen MR) is 84.6 cm³/mol. The summed E-state index contributed by atoms with van der Waals surface area (Å²) >= 11 is 0. The fourth-order valence-corrected chi connectivity index (χ4v) is 2.74. The van der Waals surface area contributed by atoms with Crippen LogP contribution in [0.4, 0.5) is 18.0 Å². The molecule has 0 aliphatic carbocycles. The van der Waals surface area contributed by atoms with E-state index in [1.54, 1.807) is 20.8 Å². The average Bonchev–Trinajstić information content (AvgIpc) is 2.44. The molecule has 0 unspecified atom stereocenters. The molecule has 1 heterocycles. The van der Waals surface area contributed by atoms with Crippen LogP contribution < -0.4 is 0 Å². The van der Waals surface area contributed by atoms with E-state index in [1.165, 1.54) is 9.80 Å². The molecule has 1 aliphatic rings. The van der Waals surface area contributed by atoms with Crippen LogP contribution in [0.1, 0.15) is 32.4 Å². The van der Waals surface area contributed by atoms with E-state index in [-0.39, 0.29) is 19.6 Å². The average molecular weight is 344 g/mol. The molecule has 1 aliphatic heterocycles. The van der Waals surface area contributed by atoms with Crippen LogP contribution in [0.25, 0.3) is 0 Å². The van der Waals surface area contributed by atoms with Crippen molar-refractivity contribution in [1.29, 1.82) is 0 Å². The second-order valence-electron chi connectivity index (χ2n) is 6.95. The zero-order valence-corrected chi connectivity index (χ0v) is 14.1. The van der Waals surface area contributed by atoms with Crippen molar-refractivity contribution < 1.29 is 22.7 Å².